The Kier molecular flexibility index (Phi) is 2.88. The van der Waals surface area contributed by atoms with Crippen LogP contribution in [0.2, 0.25) is 5.02 Å². The Bertz CT molecular complexity index is 818. The lowest BCUT2D eigenvalue weighted by atomic mass is 10.2. The molecule has 0 radical (unpaired) electrons. The van der Waals surface area contributed by atoms with Crippen LogP contribution in [0, 0.1) is 16.4 Å². The second kappa shape index (κ2) is 4.43. The van der Waals surface area contributed by atoms with Crippen molar-refractivity contribution in [2.75, 3.05) is 0 Å². The van der Waals surface area contributed by atoms with Gasteiger partial charge in [-0.25, -0.2) is 8.78 Å². The average Bonchev–Trinajstić information content (AvgIpc) is 2.67. The van der Waals surface area contributed by atoms with Gasteiger partial charge in [-0.15, -0.1) is 0 Å². The number of hydrogen-bond donors (Lipinski definition) is 1. The van der Waals surface area contributed by atoms with E-state index in [1.165, 1.54) is 22.8 Å². The Morgan fingerprint density at radius 3 is 2.37 bits per heavy atom. The molecule has 0 bridgehead atoms. The largest absolute Gasteiger partial charge is 0.330 e. The first-order valence-corrected chi connectivity index (χ1v) is 6.22. The van der Waals surface area contributed by atoms with Crippen LogP contribution in [0.1, 0.15) is 0 Å². The molecule has 2 nitrogen and oxygen atoms in total. The van der Waals surface area contributed by atoms with Crippen molar-refractivity contribution in [3.05, 3.63) is 57.8 Å². The van der Waals surface area contributed by atoms with Gasteiger partial charge in [-0.1, -0.05) is 23.7 Å². The number of fused-ring (bicyclic) bond motifs is 1. The van der Waals surface area contributed by atoms with E-state index < -0.39 is 11.6 Å². The molecule has 19 heavy (non-hydrogen) atoms. The van der Waals surface area contributed by atoms with E-state index in [1.807, 2.05) is 0 Å². The Balaban J connectivity index is 2.50. The lowest BCUT2D eigenvalue weighted by Gasteiger charge is -2.08. The van der Waals surface area contributed by atoms with Crippen molar-refractivity contribution in [3.8, 4) is 5.69 Å². The summed E-state index contributed by atoms with van der Waals surface area (Å²) < 4.78 is 29.2. The summed E-state index contributed by atoms with van der Waals surface area (Å²) in [6, 6.07) is 8.77. The number of aromatic amines is 1. The van der Waals surface area contributed by atoms with Crippen molar-refractivity contribution in [1.82, 2.24) is 9.55 Å². The molecule has 0 spiro atoms. The minimum Gasteiger partial charge on any atom is -0.330 e. The summed E-state index contributed by atoms with van der Waals surface area (Å²) >= 11 is 11.2. The third-order valence-corrected chi connectivity index (χ3v) is 3.41. The van der Waals surface area contributed by atoms with Gasteiger partial charge < -0.3 is 4.98 Å². The molecule has 0 fully saturated rings. The molecule has 0 saturated heterocycles. The van der Waals surface area contributed by atoms with Crippen LogP contribution < -0.4 is 0 Å². The number of para-hydroxylation sites is 2. The Hall–Kier alpha value is -1.72. The quantitative estimate of drug-likeness (QED) is 0.650. The summed E-state index contributed by atoms with van der Waals surface area (Å²) in [5.41, 5.74) is 0.852. The number of H-pyrrole nitrogens is 1. The maximum Gasteiger partial charge on any atom is 0.183 e. The van der Waals surface area contributed by atoms with E-state index in [2.05, 4.69) is 4.98 Å². The molecule has 0 amide bonds. The van der Waals surface area contributed by atoms with Crippen LogP contribution in [-0.2, 0) is 0 Å². The number of benzene rings is 2. The van der Waals surface area contributed by atoms with E-state index in [1.54, 1.807) is 18.2 Å². The zero-order valence-corrected chi connectivity index (χ0v) is 11.0. The predicted octanol–water partition coefficient (Wildman–Crippen LogP) is 4.62. The summed E-state index contributed by atoms with van der Waals surface area (Å²) in [5, 5.41) is 0.368. The van der Waals surface area contributed by atoms with E-state index in [-0.39, 0.29) is 10.5 Å². The van der Waals surface area contributed by atoms with Crippen LogP contribution in [0.3, 0.4) is 0 Å². The molecule has 6 heteroatoms. The number of hydrogen-bond acceptors (Lipinski definition) is 1. The summed E-state index contributed by atoms with van der Waals surface area (Å²) in [6.45, 7) is 0. The third kappa shape index (κ3) is 1.86. The maximum atomic E-state index is 13.9. The topological polar surface area (TPSA) is 20.7 Å². The van der Waals surface area contributed by atoms with Crippen LogP contribution in [0.15, 0.2) is 36.4 Å². The Morgan fingerprint density at radius 2 is 1.68 bits per heavy atom. The monoisotopic (exact) mass is 296 g/mol. The predicted molar refractivity (Wildman–Crippen MR) is 73.4 cm³/mol. The van der Waals surface area contributed by atoms with E-state index in [4.69, 9.17) is 23.8 Å². The van der Waals surface area contributed by atoms with Gasteiger partial charge in [0.15, 0.2) is 4.77 Å². The molecule has 1 N–H and O–H groups in total. The fourth-order valence-corrected chi connectivity index (χ4v) is 2.58. The van der Waals surface area contributed by atoms with Gasteiger partial charge in [0.25, 0.3) is 0 Å². The molecule has 0 aliphatic heterocycles. The molecule has 0 aliphatic rings. The number of halogens is 3. The lowest BCUT2D eigenvalue weighted by Crippen LogP contribution is -2.01. The van der Waals surface area contributed by atoms with Crippen LogP contribution in [0.4, 0.5) is 8.78 Å². The highest BCUT2D eigenvalue weighted by molar-refractivity contribution is 7.71. The molecule has 3 rings (SSSR count). The summed E-state index contributed by atoms with van der Waals surface area (Å²) in [7, 11) is 0. The SMILES string of the molecule is Fc1cccc(F)c1-n1c(=S)[nH]c2cccc(Cl)c21. The summed E-state index contributed by atoms with van der Waals surface area (Å²) in [5.74, 6) is -1.39. The number of aromatic nitrogens is 2. The first-order chi connectivity index (χ1) is 9.09. The second-order valence-corrected chi connectivity index (χ2v) is 4.77. The Morgan fingerprint density at radius 1 is 1.05 bits per heavy atom. The van der Waals surface area contributed by atoms with Gasteiger partial charge >= 0.3 is 0 Å². The molecule has 3 aromatic rings. The van der Waals surface area contributed by atoms with Crippen LogP contribution >= 0.6 is 23.8 Å². The van der Waals surface area contributed by atoms with Crippen molar-refractivity contribution >= 4 is 34.9 Å². The summed E-state index contributed by atoms with van der Waals surface area (Å²) in [6.07, 6.45) is 0. The van der Waals surface area contributed by atoms with E-state index in [0.29, 0.717) is 16.1 Å². The normalized spacial score (nSPS) is 11.1. The molecule has 0 unspecified atom stereocenters. The maximum absolute atomic E-state index is 13.9. The highest BCUT2D eigenvalue weighted by atomic mass is 35.5. The third-order valence-electron chi connectivity index (χ3n) is 2.82. The first kappa shape index (κ1) is 12.3. The molecule has 2 aromatic carbocycles. The molecule has 1 aromatic heterocycles. The highest BCUT2D eigenvalue weighted by Gasteiger charge is 2.16. The molecular weight excluding hydrogens is 290 g/mol. The molecule has 96 valence electrons. The van der Waals surface area contributed by atoms with Gasteiger partial charge in [0.1, 0.15) is 17.3 Å². The van der Waals surface area contributed by atoms with Gasteiger partial charge in [0.05, 0.1) is 16.1 Å². The lowest BCUT2D eigenvalue weighted by molar-refractivity contribution is 0.570. The van der Waals surface area contributed by atoms with Crippen molar-refractivity contribution in [1.29, 1.82) is 0 Å². The van der Waals surface area contributed by atoms with Gasteiger partial charge in [0, 0.05) is 0 Å². The van der Waals surface area contributed by atoms with Crippen molar-refractivity contribution in [2.45, 2.75) is 0 Å². The molecule has 0 saturated carbocycles. The smallest absolute Gasteiger partial charge is 0.183 e. The molecular formula is C13H7ClF2N2S. The number of nitrogens with one attached hydrogen (secondary N) is 1. The average molecular weight is 297 g/mol. The van der Waals surface area contributed by atoms with Crippen molar-refractivity contribution < 1.29 is 8.78 Å². The fourth-order valence-electron chi connectivity index (χ4n) is 2.03. The molecule has 1 heterocycles. The van der Waals surface area contributed by atoms with Crippen LogP contribution in [0.25, 0.3) is 16.7 Å². The van der Waals surface area contributed by atoms with Gasteiger partial charge in [-0.3, -0.25) is 4.57 Å². The number of nitrogens with zero attached hydrogens (tertiary/aromatic N) is 1. The van der Waals surface area contributed by atoms with Gasteiger partial charge in [-0.2, -0.15) is 0 Å². The zero-order valence-electron chi connectivity index (χ0n) is 9.45. The minimum absolute atomic E-state index is 0.187. The van der Waals surface area contributed by atoms with Crippen LogP contribution in [-0.4, -0.2) is 9.55 Å². The van der Waals surface area contributed by atoms with Gasteiger partial charge in [-0.05, 0) is 36.5 Å². The van der Waals surface area contributed by atoms with E-state index >= 15 is 0 Å². The fraction of sp³-hybridized carbons (Fsp3) is 0. The van der Waals surface area contributed by atoms with E-state index in [0.717, 1.165) is 0 Å². The van der Waals surface area contributed by atoms with E-state index in [9.17, 15) is 8.78 Å². The number of imidazole rings is 1. The molecule has 0 atom stereocenters. The van der Waals surface area contributed by atoms with Gasteiger partial charge in [0.2, 0.25) is 0 Å². The minimum atomic E-state index is -0.697. The summed E-state index contributed by atoms with van der Waals surface area (Å²) in [4.78, 5) is 2.88. The van der Waals surface area contributed by atoms with Crippen molar-refractivity contribution in [3.63, 3.8) is 0 Å². The second-order valence-electron chi connectivity index (χ2n) is 3.97. The zero-order chi connectivity index (χ0) is 13.6. The van der Waals surface area contributed by atoms with Crippen LogP contribution in [0.5, 0.6) is 0 Å². The standard InChI is InChI=1S/C13H7ClF2N2S/c14-7-3-1-6-10-11(7)18(13(19)17-10)12-8(15)4-2-5-9(12)16/h1-6H,(H,17,19). The van der Waals surface area contributed by atoms with Crippen molar-refractivity contribution in [2.24, 2.45) is 0 Å². The molecule has 0 aliphatic carbocycles. The Labute approximate surface area is 117 Å². The first-order valence-electron chi connectivity index (χ1n) is 5.43. The number of rotatable bonds is 1. The highest BCUT2D eigenvalue weighted by Crippen LogP contribution is 2.28.